The summed E-state index contributed by atoms with van der Waals surface area (Å²) in [5.74, 6) is 0.844. The van der Waals surface area contributed by atoms with Crippen molar-refractivity contribution in [3.8, 4) is 11.5 Å². The Balaban J connectivity index is 1.94. The van der Waals surface area contributed by atoms with Gasteiger partial charge < -0.3 is 14.8 Å². The van der Waals surface area contributed by atoms with E-state index in [1.807, 2.05) is 42.7 Å². The minimum absolute atomic E-state index is 0.0418. The first-order chi connectivity index (χ1) is 14.9. The minimum Gasteiger partial charge on any atom is -0.490 e. The molecule has 9 heteroatoms. The van der Waals surface area contributed by atoms with Gasteiger partial charge in [-0.3, -0.25) is 4.79 Å². The number of hydrogen-bond acceptors (Lipinski definition) is 7. The second kappa shape index (κ2) is 9.75. The molecule has 1 atom stereocenters. The summed E-state index contributed by atoms with van der Waals surface area (Å²) < 4.78 is 11.7. The third-order valence-corrected chi connectivity index (χ3v) is 4.64. The zero-order valence-corrected chi connectivity index (χ0v) is 17.5. The van der Waals surface area contributed by atoms with E-state index in [1.165, 1.54) is 6.92 Å². The topological polar surface area (TPSA) is 115 Å². The Bertz CT molecular complexity index is 1030. The molecule has 1 heterocycles. The fourth-order valence-corrected chi connectivity index (χ4v) is 3.33. The molecule has 0 bridgehead atoms. The maximum atomic E-state index is 12.3. The summed E-state index contributed by atoms with van der Waals surface area (Å²) in [7, 11) is 0. The molecule has 3 rings (SSSR count). The van der Waals surface area contributed by atoms with Crippen LogP contribution in [0, 0.1) is 10.1 Å². The Kier molecular flexibility index (Phi) is 6.86. The smallest absolute Gasteiger partial charge is 0.259 e. The van der Waals surface area contributed by atoms with E-state index in [-0.39, 0.29) is 11.7 Å². The summed E-state index contributed by atoms with van der Waals surface area (Å²) in [6.07, 6.45) is 0. The molecule has 0 radical (unpaired) electrons. The molecular weight excluding hydrogens is 400 g/mol. The predicted molar refractivity (Wildman–Crippen MR) is 115 cm³/mol. The van der Waals surface area contributed by atoms with Crippen LogP contribution in [-0.4, -0.2) is 23.4 Å². The number of carbonyl (C=O) groups is 1. The van der Waals surface area contributed by atoms with Crippen LogP contribution in [0.1, 0.15) is 37.9 Å². The van der Waals surface area contributed by atoms with E-state index in [0.29, 0.717) is 41.5 Å². The van der Waals surface area contributed by atoms with Gasteiger partial charge in [-0.05, 0) is 44.0 Å². The molecule has 0 aromatic heterocycles. The lowest BCUT2D eigenvalue weighted by molar-refractivity contribution is -0.525. The van der Waals surface area contributed by atoms with E-state index in [0.717, 1.165) is 5.56 Å². The normalized spacial score (nSPS) is 15.6. The van der Waals surface area contributed by atoms with Gasteiger partial charge in [-0.25, -0.2) is 15.1 Å². The Morgan fingerprint density at radius 1 is 1.19 bits per heavy atom. The third kappa shape index (κ3) is 5.39. The number of ether oxygens (including phenoxy) is 2. The van der Waals surface area contributed by atoms with E-state index in [1.54, 1.807) is 25.1 Å². The SMILES string of the molecule is CCOc1cc([C@@H]2N=C(N[N+](=O)[O-])NC(C)=C2C(C)=O)ccc1OCc1ccccc1. The quantitative estimate of drug-likeness (QED) is 0.493. The van der Waals surface area contributed by atoms with Gasteiger partial charge in [0, 0.05) is 11.3 Å². The number of rotatable bonds is 8. The molecule has 0 aliphatic carbocycles. The fourth-order valence-electron chi connectivity index (χ4n) is 3.33. The second-order valence-electron chi connectivity index (χ2n) is 6.88. The molecular formula is C22H24N4O5. The van der Waals surface area contributed by atoms with Crippen molar-refractivity contribution in [1.29, 1.82) is 0 Å². The van der Waals surface area contributed by atoms with Crippen LogP contribution in [0.2, 0.25) is 0 Å². The number of hydrogen-bond donors (Lipinski definition) is 2. The summed E-state index contributed by atoms with van der Waals surface area (Å²) in [5.41, 5.74) is 4.62. The van der Waals surface area contributed by atoms with Gasteiger partial charge in [0.05, 0.1) is 6.61 Å². The van der Waals surface area contributed by atoms with Crippen molar-refractivity contribution in [2.75, 3.05) is 6.61 Å². The number of allylic oxidation sites excluding steroid dienone is 1. The lowest BCUT2D eigenvalue weighted by atomic mass is 9.93. The highest BCUT2D eigenvalue weighted by Crippen LogP contribution is 2.37. The van der Waals surface area contributed by atoms with Crippen molar-refractivity contribution >= 4 is 11.7 Å². The van der Waals surface area contributed by atoms with Gasteiger partial charge in [0.15, 0.2) is 22.3 Å². The number of aliphatic imine (C=N–C) groups is 1. The van der Waals surface area contributed by atoms with Crippen LogP contribution in [0.25, 0.3) is 0 Å². The largest absolute Gasteiger partial charge is 0.490 e. The molecule has 0 spiro atoms. The van der Waals surface area contributed by atoms with Crippen molar-refractivity contribution in [2.45, 2.75) is 33.4 Å². The number of nitrogens with one attached hydrogen (secondary N) is 2. The number of benzene rings is 2. The fraction of sp³-hybridized carbons (Fsp3) is 0.273. The number of carbonyl (C=O) groups excluding carboxylic acids is 1. The van der Waals surface area contributed by atoms with E-state index >= 15 is 0 Å². The van der Waals surface area contributed by atoms with Crippen molar-refractivity contribution in [3.05, 3.63) is 81.0 Å². The Morgan fingerprint density at radius 3 is 2.58 bits per heavy atom. The van der Waals surface area contributed by atoms with E-state index in [2.05, 4.69) is 10.3 Å². The molecule has 162 valence electrons. The molecule has 9 nitrogen and oxygen atoms in total. The van der Waals surface area contributed by atoms with Crippen LogP contribution in [0.5, 0.6) is 11.5 Å². The second-order valence-corrected chi connectivity index (χ2v) is 6.88. The molecule has 0 amide bonds. The first-order valence-electron chi connectivity index (χ1n) is 9.80. The Morgan fingerprint density at radius 2 is 1.94 bits per heavy atom. The maximum Gasteiger partial charge on any atom is 0.259 e. The Labute approximate surface area is 179 Å². The maximum absolute atomic E-state index is 12.3. The van der Waals surface area contributed by atoms with E-state index < -0.39 is 11.1 Å². The lowest BCUT2D eigenvalue weighted by Gasteiger charge is -2.25. The summed E-state index contributed by atoms with van der Waals surface area (Å²) in [5, 5.41) is 12.9. The van der Waals surface area contributed by atoms with Crippen LogP contribution in [0.4, 0.5) is 0 Å². The summed E-state index contributed by atoms with van der Waals surface area (Å²) in [6, 6.07) is 14.3. The summed E-state index contributed by atoms with van der Waals surface area (Å²) in [6.45, 7) is 5.78. The van der Waals surface area contributed by atoms with E-state index in [4.69, 9.17) is 9.47 Å². The predicted octanol–water partition coefficient (Wildman–Crippen LogP) is 3.31. The van der Waals surface area contributed by atoms with Crippen molar-refractivity contribution in [3.63, 3.8) is 0 Å². The van der Waals surface area contributed by atoms with E-state index in [9.17, 15) is 14.9 Å². The number of hydrazine groups is 1. The summed E-state index contributed by atoms with van der Waals surface area (Å²) in [4.78, 5) is 27.5. The number of nitrogens with zero attached hydrogens (tertiary/aromatic N) is 2. The van der Waals surface area contributed by atoms with Crippen LogP contribution >= 0.6 is 0 Å². The third-order valence-electron chi connectivity index (χ3n) is 4.64. The molecule has 0 unspecified atom stereocenters. The standard InChI is InChI=1S/C22H24N4O5/c1-4-30-19-12-17(10-11-18(19)31-13-16-8-6-5-7-9-16)21-20(15(3)27)14(2)23-22(24-21)25-26(28)29/h5-12,21H,4,13H2,1-3H3,(H2,23,24,25)/t21-/m0/s1. The highest BCUT2D eigenvalue weighted by atomic mass is 16.7. The molecule has 2 aromatic carbocycles. The van der Waals surface area contributed by atoms with Crippen LogP contribution in [0.3, 0.4) is 0 Å². The van der Waals surface area contributed by atoms with Gasteiger partial charge in [0.25, 0.3) is 5.96 Å². The van der Waals surface area contributed by atoms with Crippen LogP contribution in [0.15, 0.2) is 64.8 Å². The number of nitro groups is 1. The number of ketones is 1. The first kappa shape index (κ1) is 21.8. The monoisotopic (exact) mass is 424 g/mol. The lowest BCUT2D eigenvalue weighted by Crippen LogP contribution is -2.43. The molecule has 0 saturated carbocycles. The highest BCUT2D eigenvalue weighted by molar-refractivity contribution is 5.98. The highest BCUT2D eigenvalue weighted by Gasteiger charge is 2.29. The van der Waals surface area contributed by atoms with Gasteiger partial charge in [-0.15, -0.1) is 0 Å². The van der Waals surface area contributed by atoms with Gasteiger partial charge in [0.2, 0.25) is 0 Å². The van der Waals surface area contributed by atoms with Crippen molar-refractivity contribution in [2.24, 2.45) is 4.99 Å². The molecule has 0 saturated heterocycles. The molecule has 2 aromatic rings. The molecule has 0 fully saturated rings. The van der Waals surface area contributed by atoms with Gasteiger partial charge in [-0.1, -0.05) is 41.8 Å². The number of guanidine groups is 1. The molecule has 2 N–H and O–H groups in total. The van der Waals surface area contributed by atoms with Gasteiger partial charge >= 0.3 is 0 Å². The molecule has 31 heavy (non-hydrogen) atoms. The minimum atomic E-state index is -0.719. The van der Waals surface area contributed by atoms with Crippen LogP contribution < -0.4 is 20.2 Å². The zero-order chi connectivity index (χ0) is 22.4. The van der Waals surface area contributed by atoms with Crippen molar-refractivity contribution < 1.29 is 19.3 Å². The number of Topliss-reactive ketones (excluding diaryl/α,β-unsaturated/α-hetero) is 1. The average molecular weight is 424 g/mol. The molecule has 1 aliphatic heterocycles. The van der Waals surface area contributed by atoms with Crippen molar-refractivity contribution in [1.82, 2.24) is 10.7 Å². The summed E-state index contributed by atoms with van der Waals surface area (Å²) >= 11 is 0. The Hall–Kier alpha value is -3.88. The molecule has 1 aliphatic rings. The zero-order valence-electron chi connectivity index (χ0n) is 17.5. The first-order valence-corrected chi connectivity index (χ1v) is 9.80. The van der Waals surface area contributed by atoms with Gasteiger partial charge in [-0.2, -0.15) is 0 Å². The van der Waals surface area contributed by atoms with Crippen LogP contribution in [-0.2, 0) is 11.4 Å². The van der Waals surface area contributed by atoms with Gasteiger partial charge in [0.1, 0.15) is 12.6 Å². The average Bonchev–Trinajstić information content (AvgIpc) is 2.72.